The van der Waals surface area contributed by atoms with E-state index in [0.29, 0.717) is 19.7 Å². The molecule has 1 saturated heterocycles. The van der Waals surface area contributed by atoms with Gasteiger partial charge in [0, 0.05) is 32.5 Å². The van der Waals surface area contributed by atoms with Crippen LogP contribution in [0.5, 0.6) is 0 Å². The first-order valence-electron chi connectivity index (χ1n) is 8.60. The standard InChI is InChI=1S/C17H26N6O2/c1-12-16(13(2)21(4)20-12)19-17(24)14(3)22-8-9-25-15(10-22)11-23-7-5-6-18-23/h5-7,14-15H,8-11H2,1-4H3,(H,19,24)/t14-,15+/m0/s1. The average Bonchev–Trinajstić information content (AvgIpc) is 3.18. The molecule has 2 aromatic heterocycles. The van der Waals surface area contributed by atoms with Crippen LogP contribution in [0.25, 0.3) is 0 Å². The number of amides is 1. The molecule has 1 N–H and O–H groups in total. The smallest absolute Gasteiger partial charge is 0.241 e. The highest BCUT2D eigenvalue weighted by Crippen LogP contribution is 2.19. The van der Waals surface area contributed by atoms with Crippen molar-refractivity contribution in [2.24, 2.45) is 7.05 Å². The molecule has 1 amide bonds. The minimum absolute atomic E-state index is 0.0149. The Kier molecular flexibility index (Phi) is 5.19. The molecule has 3 rings (SSSR count). The Morgan fingerprint density at radius 1 is 1.48 bits per heavy atom. The van der Waals surface area contributed by atoms with Crippen LogP contribution in [0.4, 0.5) is 5.69 Å². The molecule has 1 aliphatic heterocycles. The number of anilines is 1. The lowest BCUT2D eigenvalue weighted by Crippen LogP contribution is -2.51. The molecule has 2 aromatic rings. The van der Waals surface area contributed by atoms with Crippen molar-refractivity contribution in [1.29, 1.82) is 0 Å². The van der Waals surface area contributed by atoms with Gasteiger partial charge in [-0.1, -0.05) is 0 Å². The summed E-state index contributed by atoms with van der Waals surface area (Å²) in [5.74, 6) is -0.0149. The van der Waals surface area contributed by atoms with Gasteiger partial charge in [-0.05, 0) is 26.8 Å². The van der Waals surface area contributed by atoms with E-state index >= 15 is 0 Å². The van der Waals surface area contributed by atoms with Gasteiger partial charge >= 0.3 is 0 Å². The molecule has 136 valence electrons. The van der Waals surface area contributed by atoms with Gasteiger partial charge < -0.3 is 10.1 Å². The van der Waals surface area contributed by atoms with E-state index in [-0.39, 0.29) is 18.1 Å². The van der Waals surface area contributed by atoms with Crippen LogP contribution in [0.1, 0.15) is 18.3 Å². The van der Waals surface area contributed by atoms with Crippen molar-refractivity contribution < 1.29 is 9.53 Å². The maximum atomic E-state index is 12.7. The first-order chi connectivity index (χ1) is 12.0. The second kappa shape index (κ2) is 7.37. The number of hydrogen-bond acceptors (Lipinski definition) is 5. The summed E-state index contributed by atoms with van der Waals surface area (Å²) in [5.41, 5.74) is 2.59. The van der Waals surface area contributed by atoms with E-state index in [9.17, 15) is 4.79 Å². The second-order valence-corrected chi connectivity index (χ2v) is 6.55. The second-order valence-electron chi connectivity index (χ2n) is 6.55. The fourth-order valence-corrected chi connectivity index (χ4v) is 3.17. The Morgan fingerprint density at radius 2 is 2.28 bits per heavy atom. The molecular weight excluding hydrogens is 320 g/mol. The fourth-order valence-electron chi connectivity index (χ4n) is 3.17. The van der Waals surface area contributed by atoms with Crippen molar-refractivity contribution in [1.82, 2.24) is 24.5 Å². The van der Waals surface area contributed by atoms with Crippen LogP contribution >= 0.6 is 0 Å². The molecule has 0 bridgehead atoms. The predicted molar refractivity (Wildman–Crippen MR) is 94.3 cm³/mol. The number of morpholine rings is 1. The van der Waals surface area contributed by atoms with Crippen molar-refractivity contribution in [2.45, 2.75) is 39.5 Å². The third-order valence-corrected chi connectivity index (χ3v) is 4.80. The number of carbonyl (C=O) groups is 1. The van der Waals surface area contributed by atoms with Crippen LogP contribution in [-0.2, 0) is 23.1 Å². The van der Waals surface area contributed by atoms with Gasteiger partial charge in [-0.3, -0.25) is 19.1 Å². The molecule has 25 heavy (non-hydrogen) atoms. The number of aryl methyl sites for hydroxylation is 2. The summed E-state index contributed by atoms with van der Waals surface area (Å²) in [4.78, 5) is 14.9. The highest BCUT2D eigenvalue weighted by molar-refractivity contribution is 5.95. The maximum absolute atomic E-state index is 12.7. The monoisotopic (exact) mass is 346 g/mol. The lowest BCUT2D eigenvalue weighted by atomic mass is 10.2. The molecule has 0 saturated carbocycles. The molecule has 3 heterocycles. The molecular formula is C17H26N6O2. The summed E-state index contributed by atoms with van der Waals surface area (Å²) in [6.45, 7) is 8.56. The summed E-state index contributed by atoms with van der Waals surface area (Å²) >= 11 is 0. The number of nitrogens with one attached hydrogen (secondary N) is 1. The fraction of sp³-hybridized carbons (Fsp3) is 0.588. The summed E-state index contributed by atoms with van der Waals surface area (Å²) in [6, 6.07) is 1.66. The van der Waals surface area contributed by atoms with E-state index in [2.05, 4.69) is 20.4 Å². The van der Waals surface area contributed by atoms with Crippen molar-refractivity contribution in [2.75, 3.05) is 25.0 Å². The van der Waals surface area contributed by atoms with E-state index < -0.39 is 0 Å². The first-order valence-corrected chi connectivity index (χ1v) is 8.60. The van der Waals surface area contributed by atoms with E-state index in [0.717, 1.165) is 23.6 Å². The normalized spacial score (nSPS) is 19.8. The zero-order valence-electron chi connectivity index (χ0n) is 15.3. The highest BCUT2D eigenvalue weighted by atomic mass is 16.5. The minimum Gasteiger partial charge on any atom is -0.374 e. The molecule has 1 aliphatic rings. The molecule has 8 nitrogen and oxygen atoms in total. The number of aromatic nitrogens is 4. The SMILES string of the molecule is Cc1nn(C)c(C)c1NC(=O)[C@H](C)N1CCO[C@@H](Cn2cccn2)C1. The average molecular weight is 346 g/mol. The number of rotatable bonds is 5. The molecule has 0 aliphatic carbocycles. The Balaban J connectivity index is 1.61. The Labute approximate surface area is 147 Å². The lowest BCUT2D eigenvalue weighted by Gasteiger charge is -2.36. The first kappa shape index (κ1) is 17.6. The summed E-state index contributed by atoms with van der Waals surface area (Å²) in [6.07, 6.45) is 3.72. The van der Waals surface area contributed by atoms with Crippen molar-refractivity contribution in [3.8, 4) is 0 Å². The largest absolute Gasteiger partial charge is 0.374 e. The Bertz CT molecular complexity index is 724. The molecule has 0 aromatic carbocycles. The third kappa shape index (κ3) is 3.91. The molecule has 1 fully saturated rings. The zero-order valence-corrected chi connectivity index (χ0v) is 15.3. The molecule has 0 unspecified atom stereocenters. The molecule has 0 radical (unpaired) electrons. The van der Waals surface area contributed by atoms with E-state index in [4.69, 9.17) is 4.74 Å². The Morgan fingerprint density at radius 3 is 2.92 bits per heavy atom. The van der Waals surface area contributed by atoms with Crippen molar-refractivity contribution >= 4 is 11.6 Å². The van der Waals surface area contributed by atoms with Gasteiger partial charge in [-0.15, -0.1) is 0 Å². The quantitative estimate of drug-likeness (QED) is 0.873. The van der Waals surface area contributed by atoms with Gasteiger partial charge in [0.2, 0.25) is 5.91 Å². The number of nitrogens with zero attached hydrogens (tertiary/aromatic N) is 5. The minimum atomic E-state index is -0.233. The molecule has 2 atom stereocenters. The van der Waals surface area contributed by atoms with Crippen molar-refractivity contribution in [3.05, 3.63) is 29.8 Å². The van der Waals surface area contributed by atoms with Gasteiger partial charge in [-0.25, -0.2) is 0 Å². The number of hydrogen-bond donors (Lipinski definition) is 1. The van der Waals surface area contributed by atoms with E-state index in [1.807, 2.05) is 44.8 Å². The lowest BCUT2D eigenvalue weighted by molar-refractivity contribution is -0.124. The zero-order chi connectivity index (χ0) is 18.0. The maximum Gasteiger partial charge on any atom is 0.241 e. The van der Waals surface area contributed by atoms with Crippen LogP contribution < -0.4 is 5.32 Å². The predicted octanol–water partition coefficient (Wildman–Crippen LogP) is 0.961. The summed E-state index contributed by atoms with van der Waals surface area (Å²) < 4.78 is 9.47. The topological polar surface area (TPSA) is 77.2 Å². The van der Waals surface area contributed by atoms with E-state index in [1.165, 1.54) is 0 Å². The van der Waals surface area contributed by atoms with Crippen LogP contribution in [0.3, 0.4) is 0 Å². The van der Waals surface area contributed by atoms with Gasteiger partial charge in [0.15, 0.2) is 0 Å². The van der Waals surface area contributed by atoms with Gasteiger partial charge in [-0.2, -0.15) is 10.2 Å². The van der Waals surface area contributed by atoms with E-state index in [1.54, 1.807) is 10.9 Å². The third-order valence-electron chi connectivity index (χ3n) is 4.80. The summed E-state index contributed by atoms with van der Waals surface area (Å²) in [5, 5.41) is 11.6. The van der Waals surface area contributed by atoms with Gasteiger partial charge in [0.1, 0.15) is 0 Å². The molecule has 0 spiro atoms. The summed E-state index contributed by atoms with van der Waals surface area (Å²) in [7, 11) is 1.88. The van der Waals surface area contributed by atoms with Crippen LogP contribution in [0.2, 0.25) is 0 Å². The number of carbonyl (C=O) groups excluding carboxylic acids is 1. The Hall–Kier alpha value is -2.19. The van der Waals surface area contributed by atoms with Gasteiger partial charge in [0.05, 0.1) is 42.4 Å². The molecule has 8 heteroatoms. The number of ether oxygens (including phenoxy) is 1. The van der Waals surface area contributed by atoms with Gasteiger partial charge in [0.25, 0.3) is 0 Å². The van der Waals surface area contributed by atoms with Crippen LogP contribution in [0, 0.1) is 13.8 Å². The van der Waals surface area contributed by atoms with Crippen LogP contribution in [-0.4, -0.2) is 62.2 Å². The highest BCUT2D eigenvalue weighted by Gasteiger charge is 2.29. The van der Waals surface area contributed by atoms with Crippen LogP contribution in [0.15, 0.2) is 18.5 Å². The van der Waals surface area contributed by atoms with Crippen molar-refractivity contribution in [3.63, 3.8) is 0 Å².